The van der Waals surface area contributed by atoms with Gasteiger partial charge in [0, 0.05) is 12.1 Å². The molecule has 0 aliphatic carbocycles. The average Bonchev–Trinajstić information content (AvgIpc) is 2.33. The summed E-state index contributed by atoms with van der Waals surface area (Å²) in [6.07, 6.45) is 0.775. The number of ether oxygens (including phenoxy) is 1. The molecule has 1 fully saturated rings. The summed E-state index contributed by atoms with van der Waals surface area (Å²) in [7, 11) is 0. The molecule has 0 spiro atoms. The molecule has 0 aromatic carbocycles. The Bertz CT molecular complexity index is 365. The number of aliphatic carboxylic acids is 1. The van der Waals surface area contributed by atoms with Gasteiger partial charge in [0.1, 0.15) is 6.54 Å². The number of carbonyl (C=O) groups excluding carboxylic acids is 1. The van der Waals surface area contributed by atoms with Crippen LogP contribution >= 0.6 is 0 Å². The van der Waals surface area contributed by atoms with Crippen LogP contribution in [-0.2, 0) is 9.53 Å². The number of morpholine rings is 1. The highest BCUT2D eigenvalue weighted by Gasteiger charge is 2.37. The summed E-state index contributed by atoms with van der Waals surface area (Å²) in [4.78, 5) is 26.9. The quantitative estimate of drug-likeness (QED) is 0.858. The number of amides is 2. The van der Waals surface area contributed by atoms with Crippen molar-refractivity contribution < 1.29 is 19.4 Å². The van der Waals surface area contributed by atoms with Gasteiger partial charge in [-0.05, 0) is 34.1 Å². The van der Waals surface area contributed by atoms with Gasteiger partial charge in [0.15, 0.2) is 0 Å². The van der Waals surface area contributed by atoms with E-state index < -0.39 is 11.5 Å². The van der Waals surface area contributed by atoms with Gasteiger partial charge in [0.05, 0.1) is 18.8 Å². The minimum absolute atomic E-state index is 0.0114. The molecule has 116 valence electrons. The van der Waals surface area contributed by atoms with Gasteiger partial charge in [-0.3, -0.25) is 4.79 Å². The zero-order valence-electron chi connectivity index (χ0n) is 13.0. The Balaban J connectivity index is 2.94. The molecule has 1 N–H and O–H groups in total. The summed E-state index contributed by atoms with van der Waals surface area (Å²) in [5, 5.41) is 9.03. The minimum Gasteiger partial charge on any atom is -0.480 e. The predicted octanol–water partition coefficient (Wildman–Crippen LogP) is 1.79. The lowest BCUT2D eigenvalue weighted by atomic mass is 10.1. The highest BCUT2D eigenvalue weighted by Crippen LogP contribution is 2.21. The molecule has 0 saturated carbocycles. The third-order valence-corrected chi connectivity index (χ3v) is 3.52. The second kappa shape index (κ2) is 6.43. The summed E-state index contributed by atoms with van der Waals surface area (Å²) in [6.45, 7) is 10.2. The number of hydrogen-bond donors (Lipinski definition) is 1. The first kappa shape index (κ1) is 16.8. The van der Waals surface area contributed by atoms with Crippen molar-refractivity contribution in [1.82, 2.24) is 9.80 Å². The maximum absolute atomic E-state index is 12.7. The van der Waals surface area contributed by atoms with Crippen molar-refractivity contribution in [3.63, 3.8) is 0 Å². The van der Waals surface area contributed by atoms with Crippen molar-refractivity contribution in [3.05, 3.63) is 0 Å². The second-order valence-electron chi connectivity index (χ2n) is 6.29. The van der Waals surface area contributed by atoms with Crippen LogP contribution in [0.1, 0.15) is 41.0 Å². The van der Waals surface area contributed by atoms with E-state index in [4.69, 9.17) is 9.84 Å². The Morgan fingerprint density at radius 3 is 2.45 bits per heavy atom. The molecule has 0 aromatic heterocycles. The van der Waals surface area contributed by atoms with Gasteiger partial charge in [-0.1, -0.05) is 6.92 Å². The lowest BCUT2D eigenvalue weighted by molar-refractivity contribution is -0.139. The largest absolute Gasteiger partial charge is 0.480 e. The minimum atomic E-state index is -0.998. The van der Waals surface area contributed by atoms with E-state index >= 15 is 0 Å². The van der Waals surface area contributed by atoms with E-state index in [-0.39, 0.29) is 24.7 Å². The van der Waals surface area contributed by atoms with Crippen molar-refractivity contribution >= 4 is 12.0 Å². The first-order valence-electron chi connectivity index (χ1n) is 7.08. The first-order valence-corrected chi connectivity index (χ1v) is 7.08. The van der Waals surface area contributed by atoms with E-state index in [0.717, 1.165) is 6.42 Å². The highest BCUT2D eigenvalue weighted by molar-refractivity contribution is 5.81. The lowest BCUT2D eigenvalue weighted by Crippen LogP contribution is -2.60. The fraction of sp³-hybridized carbons (Fsp3) is 0.857. The second-order valence-corrected chi connectivity index (χ2v) is 6.29. The summed E-state index contributed by atoms with van der Waals surface area (Å²) in [6, 6.07) is -0.209. The Labute approximate surface area is 120 Å². The van der Waals surface area contributed by atoms with Crippen LogP contribution in [0.5, 0.6) is 0 Å². The Morgan fingerprint density at radius 2 is 2.00 bits per heavy atom. The molecule has 1 heterocycles. The molecule has 2 unspecified atom stereocenters. The summed E-state index contributed by atoms with van der Waals surface area (Å²) in [5.41, 5.74) is -0.532. The van der Waals surface area contributed by atoms with Crippen LogP contribution in [0.15, 0.2) is 0 Å². The van der Waals surface area contributed by atoms with Crippen LogP contribution in [0, 0.1) is 0 Å². The topological polar surface area (TPSA) is 70.1 Å². The van der Waals surface area contributed by atoms with Gasteiger partial charge < -0.3 is 19.6 Å². The van der Waals surface area contributed by atoms with Crippen molar-refractivity contribution in [3.8, 4) is 0 Å². The molecular weight excluding hydrogens is 260 g/mol. The molecule has 1 rings (SSSR count). The monoisotopic (exact) mass is 286 g/mol. The molecule has 20 heavy (non-hydrogen) atoms. The number of nitrogens with zero attached hydrogens (tertiary/aromatic N) is 2. The van der Waals surface area contributed by atoms with E-state index in [0.29, 0.717) is 13.2 Å². The number of carbonyl (C=O) groups is 2. The van der Waals surface area contributed by atoms with Crippen molar-refractivity contribution in [2.75, 3.05) is 19.7 Å². The normalized spacial score (nSPS) is 23.6. The zero-order valence-corrected chi connectivity index (χ0v) is 13.0. The fourth-order valence-corrected chi connectivity index (χ4v) is 2.30. The maximum atomic E-state index is 12.7. The number of hydrogen-bond acceptors (Lipinski definition) is 3. The SMILES string of the molecule is CCC1COC(C)CN1C(=O)N(CC(=O)O)C(C)(C)C. The van der Waals surface area contributed by atoms with Crippen LogP contribution < -0.4 is 0 Å². The summed E-state index contributed by atoms with van der Waals surface area (Å²) in [5.74, 6) is -0.998. The van der Waals surface area contributed by atoms with Crippen LogP contribution in [0.4, 0.5) is 4.79 Å². The predicted molar refractivity (Wildman–Crippen MR) is 75.7 cm³/mol. The van der Waals surface area contributed by atoms with Gasteiger partial charge in [0.2, 0.25) is 0 Å². The Kier molecular flexibility index (Phi) is 5.39. The fourth-order valence-electron chi connectivity index (χ4n) is 2.30. The van der Waals surface area contributed by atoms with Gasteiger partial charge in [-0.25, -0.2) is 4.79 Å². The number of urea groups is 1. The molecule has 1 aliphatic rings. The average molecular weight is 286 g/mol. The summed E-state index contributed by atoms with van der Waals surface area (Å²) >= 11 is 0. The Morgan fingerprint density at radius 1 is 1.40 bits per heavy atom. The molecule has 0 bridgehead atoms. The molecule has 1 aliphatic heterocycles. The molecule has 1 saturated heterocycles. The third-order valence-electron chi connectivity index (χ3n) is 3.52. The molecule has 6 heteroatoms. The van der Waals surface area contributed by atoms with E-state index in [1.54, 1.807) is 4.90 Å². The highest BCUT2D eigenvalue weighted by atomic mass is 16.5. The van der Waals surface area contributed by atoms with Crippen molar-refractivity contribution in [2.24, 2.45) is 0 Å². The Hall–Kier alpha value is -1.30. The number of carboxylic acids is 1. The van der Waals surface area contributed by atoms with Crippen molar-refractivity contribution in [1.29, 1.82) is 0 Å². The lowest BCUT2D eigenvalue weighted by Gasteiger charge is -2.44. The smallest absolute Gasteiger partial charge is 0.323 e. The molecule has 2 amide bonds. The van der Waals surface area contributed by atoms with E-state index in [1.807, 2.05) is 34.6 Å². The molecular formula is C14H26N2O4. The van der Waals surface area contributed by atoms with Gasteiger partial charge >= 0.3 is 12.0 Å². The van der Waals surface area contributed by atoms with Gasteiger partial charge in [-0.2, -0.15) is 0 Å². The van der Waals surface area contributed by atoms with Crippen LogP contribution in [0.25, 0.3) is 0 Å². The molecule has 0 aromatic rings. The maximum Gasteiger partial charge on any atom is 0.323 e. The molecule has 0 radical (unpaired) electrons. The zero-order chi connectivity index (χ0) is 15.5. The standard InChI is InChI=1S/C14H26N2O4/c1-6-11-9-20-10(2)7-15(11)13(19)16(8-12(17)18)14(3,4)5/h10-11H,6-9H2,1-5H3,(H,17,18). The van der Waals surface area contributed by atoms with E-state index in [9.17, 15) is 9.59 Å². The van der Waals surface area contributed by atoms with E-state index in [1.165, 1.54) is 4.90 Å². The third kappa shape index (κ3) is 4.10. The van der Waals surface area contributed by atoms with Crippen molar-refractivity contribution in [2.45, 2.75) is 58.7 Å². The van der Waals surface area contributed by atoms with E-state index in [2.05, 4.69) is 0 Å². The number of rotatable bonds is 3. The van der Waals surface area contributed by atoms with Gasteiger partial charge in [0.25, 0.3) is 0 Å². The number of carboxylic acid groups (broad SMARTS) is 1. The van der Waals surface area contributed by atoms with Crippen LogP contribution in [0.2, 0.25) is 0 Å². The first-order chi connectivity index (χ1) is 9.16. The molecule has 6 nitrogen and oxygen atoms in total. The summed E-state index contributed by atoms with van der Waals surface area (Å²) < 4.78 is 5.58. The van der Waals surface area contributed by atoms with Crippen LogP contribution in [-0.4, -0.2) is 64.3 Å². The molecule has 2 atom stereocenters. The van der Waals surface area contributed by atoms with Gasteiger partial charge in [-0.15, -0.1) is 0 Å². The van der Waals surface area contributed by atoms with Crippen LogP contribution in [0.3, 0.4) is 0 Å².